The van der Waals surface area contributed by atoms with Gasteiger partial charge in [-0.05, 0) is 38.0 Å². The molecule has 0 aromatic rings. The summed E-state index contributed by atoms with van der Waals surface area (Å²) in [6.45, 7) is 6.06. The van der Waals surface area contributed by atoms with E-state index < -0.39 is 30.4 Å². The number of allylic oxidation sites excluding steroid dienone is 2. The lowest BCUT2D eigenvalue weighted by atomic mass is 9.84. The summed E-state index contributed by atoms with van der Waals surface area (Å²) in [4.78, 5) is 24.2. The van der Waals surface area contributed by atoms with E-state index in [-0.39, 0.29) is 19.1 Å². The first-order valence-electron chi connectivity index (χ1n) is 8.39. The van der Waals surface area contributed by atoms with Crippen molar-refractivity contribution in [3.63, 3.8) is 0 Å². The monoisotopic (exact) mass is 324 g/mol. The van der Waals surface area contributed by atoms with Gasteiger partial charge >= 0.3 is 11.9 Å². The second kappa shape index (κ2) is 6.61. The van der Waals surface area contributed by atoms with E-state index in [1.807, 2.05) is 0 Å². The van der Waals surface area contributed by atoms with Crippen LogP contribution in [0.3, 0.4) is 0 Å². The van der Waals surface area contributed by atoms with E-state index in [4.69, 9.17) is 18.9 Å². The van der Waals surface area contributed by atoms with Gasteiger partial charge in [-0.2, -0.15) is 0 Å². The smallest absolute Gasteiger partial charge is 0.338 e. The van der Waals surface area contributed by atoms with Crippen molar-refractivity contribution >= 4 is 11.9 Å². The standard InChI is InChI=1S/C17H24O6/c1-4-20-15(18)13-14(16(19)21-5-2)23-17(22-13)12-9(3)10-6-7-11(12)8-10/h6-7,9-14,17H,4-5,8H2,1-3H3/t9?,10?,11?,12?,13-,14-/m0/s1. The van der Waals surface area contributed by atoms with E-state index >= 15 is 0 Å². The van der Waals surface area contributed by atoms with Gasteiger partial charge in [-0.15, -0.1) is 0 Å². The molecule has 3 rings (SSSR count). The predicted molar refractivity (Wildman–Crippen MR) is 80.2 cm³/mol. The molecule has 3 aliphatic rings. The first kappa shape index (κ1) is 16.5. The lowest BCUT2D eigenvalue weighted by Crippen LogP contribution is -2.39. The SMILES string of the molecule is CCOC(=O)[C@H]1OC(C2C3C=CC(C3)C2C)O[C@@H]1C(=O)OCC. The lowest BCUT2D eigenvalue weighted by Gasteiger charge is -2.29. The van der Waals surface area contributed by atoms with Gasteiger partial charge in [0.15, 0.2) is 18.5 Å². The van der Waals surface area contributed by atoms with Crippen LogP contribution in [-0.2, 0) is 28.5 Å². The summed E-state index contributed by atoms with van der Waals surface area (Å²) in [5.74, 6) is 0.322. The maximum absolute atomic E-state index is 12.1. The van der Waals surface area contributed by atoms with Gasteiger partial charge in [0.1, 0.15) is 0 Å². The van der Waals surface area contributed by atoms with Crippen molar-refractivity contribution in [2.24, 2.45) is 23.7 Å². The Hall–Kier alpha value is -1.40. The molecule has 0 aromatic carbocycles. The zero-order valence-electron chi connectivity index (χ0n) is 13.8. The highest BCUT2D eigenvalue weighted by Crippen LogP contribution is 2.51. The van der Waals surface area contributed by atoms with Crippen LogP contribution in [0.5, 0.6) is 0 Å². The van der Waals surface area contributed by atoms with Crippen molar-refractivity contribution < 1.29 is 28.5 Å². The molecule has 4 unspecified atom stereocenters. The molecule has 1 saturated carbocycles. The second-order valence-electron chi connectivity index (χ2n) is 6.37. The molecule has 2 fully saturated rings. The minimum absolute atomic E-state index is 0.154. The summed E-state index contributed by atoms with van der Waals surface area (Å²) in [5.41, 5.74) is 0. The molecular formula is C17H24O6. The van der Waals surface area contributed by atoms with Crippen LogP contribution < -0.4 is 0 Å². The van der Waals surface area contributed by atoms with Gasteiger partial charge < -0.3 is 18.9 Å². The number of carbonyl (C=O) groups is 2. The number of ether oxygens (including phenoxy) is 4. The largest absolute Gasteiger partial charge is 0.464 e. The summed E-state index contributed by atoms with van der Waals surface area (Å²) in [6.07, 6.45) is 2.85. The van der Waals surface area contributed by atoms with Gasteiger partial charge in [-0.25, -0.2) is 9.59 Å². The fourth-order valence-corrected chi connectivity index (χ4v) is 4.01. The van der Waals surface area contributed by atoms with E-state index in [1.54, 1.807) is 13.8 Å². The first-order chi connectivity index (χ1) is 11.1. The Kier molecular flexibility index (Phi) is 4.73. The molecule has 0 radical (unpaired) electrons. The van der Waals surface area contributed by atoms with Gasteiger partial charge in [-0.1, -0.05) is 19.1 Å². The molecule has 1 aliphatic heterocycles. The average molecular weight is 324 g/mol. The van der Waals surface area contributed by atoms with E-state index in [9.17, 15) is 9.59 Å². The molecule has 2 bridgehead atoms. The van der Waals surface area contributed by atoms with E-state index in [2.05, 4.69) is 19.1 Å². The number of fused-ring (bicyclic) bond motifs is 2. The van der Waals surface area contributed by atoms with Crippen LogP contribution in [0.4, 0.5) is 0 Å². The normalized spacial score (nSPS) is 38.9. The Morgan fingerprint density at radius 2 is 1.52 bits per heavy atom. The fourth-order valence-electron chi connectivity index (χ4n) is 4.01. The van der Waals surface area contributed by atoms with Gasteiger partial charge in [0, 0.05) is 5.92 Å². The first-order valence-corrected chi connectivity index (χ1v) is 8.39. The zero-order valence-corrected chi connectivity index (χ0v) is 13.8. The molecule has 23 heavy (non-hydrogen) atoms. The average Bonchev–Trinajstić information content (AvgIpc) is 3.21. The van der Waals surface area contributed by atoms with Gasteiger partial charge in [-0.3, -0.25) is 0 Å². The summed E-state index contributed by atoms with van der Waals surface area (Å²) in [6, 6.07) is 0. The number of carbonyl (C=O) groups excluding carboxylic acids is 2. The number of hydrogen-bond donors (Lipinski definition) is 0. The molecule has 1 heterocycles. The van der Waals surface area contributed by atoms with Crippen molar-refractivity contribution in [1.82, 2.24) is 0 Å². The number of hydrogen-bond acceptors (Lipinski definition) is 6. The number of esters is 2. The Labute approximate surface area is 136 Å². The van der Waals surface area contributed by atoms with Crippen molar-refractivity contribution in [2.45, 2.75) is 45.7 Å². The molecule has 0 spiro atoms. The summed E-state index contributed by atoms with van der Waals surface area (Å²) in [7, 11) is 0. The van der Waals surface area contributed by atoms with Crippen LogP contribution in [0, 0.1) is 23.7 Å². The topological polar surface area (TPSA) is 71.1 Å². The molecule has 6 atom stereocenters. The summed E-state index contributed by atoms with van der Waals surface area (Å²) < 4.78 is 21.7. The molecule has 1 saturated heterocycles. The predicted octanol–water partition coefficient (Wildman–Crippen LogP) is 1.68. The number of rotatable bonds is 5. The molecule has 6 nitrogen and oxygen atoms in total. The zero-order chi connectivity index (χ0) is 16.6. The summed E-state index contributed by atoms with van der Waals surface area (Å²) >= 11 is 0. The Morgan fingerprint density at radius 3 is 1.96 bits per heavy atom. The van der Waals surface area contributed by atoms with E-state index in [1.165, 1.54) is 0 Å². The van der Waals surface area contributed by atoms with Gasteiger partial charge in [0.25, 0.3) is 0 Å². The third-order valence-electron chi connectivity index (χ3n) is 5.12. The highest BCUT2D eigenvalue weighted by molar-refractivity contribution is 5.86. The molecule has 128 valence electrons. The second-order valence-corrected chi connectivity index (χ2v) is 6.37. The molecule has 0 N–H and O–H groups in total. The van der Waals surface area contributed by atoms with Crippen LogP contribution in [0.25, 0.3) is 0 Å². The van der Waals surface area contributed by atoms with Crippen LogP contribution in [-0.4, -0.2) is 43.7 Å². The quantitative estimate of drug-likeness (QED) is 0.566. The molecule has 0 amide bonds. The van der Waals surface area contributed by atoms with Crippen molar-refractivity contribution in [2.75, 3.05) is 13.2 Å². The molecule has 6 heteroatoms. The minimum atomic E-state index is -1.05. The maximum Gasteiger partial charge on any atom is 0.338 e. The van der Waals surface area contributed by atoms with Crippen LogP contribution in [0.2, 0.25) is 0 Å². The highest BCUT2D eigenvalue weighted by Gasteiger charge is 2.54. The Morgan fingerprint density at radius 1 is 1.00 bits per heavy atom. The minimum Gasteiger partial charge on any atom is -0.464 e. The van der Waals surface area contributed by atoms with Gasteiger partial charge in [0.05, 0.1) is 13.2 Å². The van der Waals surface area contributed by atoms with Crippen LogP contribution in [0.1, 0.15) is 27.2 Å². The maximum atomic E-state index is 12.1. The lowest BCUT2D eigenvalue weighted by molar-refractivity contribution is -0.163. The van der Waals surface area contributed by atoms with E-state index in [0.29, 0.717) is 17.8 Å². The van der Waals surface area contributed by atoms with Gasteiger partial charge in [0.2, 0.25) is 0 Å². The Bertz CT molecular complexity index is 475. The van der Waals surface area contributed by atoms with Crippen LogP contribution >= 0.6 is 0 Å². The fraction of sp³-hybridized carbons (Fsp3) is 0.765. The third kappa shape index (κ3) is 2.90. The Balaban J connectivity index is 1.75. The van der Waals surface area contributed by atoms with Crippen molar-refractivity contribution in [3.8, 4) is 0 Å². The third-order valence-corrected chi connectivity index (χ3v) is 5.12. The van der Waals surface area contributed by atoms with E-state index in [0.717, 1.165) is 6.42 Å². The van der Waals surface area contributed by atoms with Crippen LogP contribution in [0.15, 0.2) is 12.2 Å². The van der Waals surface area contributed by atoms with Crippen molar-refractivity contribution in [1.29, 1.82) is 0 Å². The van der Waals surface area contributed by atoms with Crippen molar-refractivity contribution in [3.05, 3.63) is 12.2 Å². The highest BCUT2D eigenvalue weighted by atomic mass is 16.8. The molecule has 2 aliphatic carbocycles. The molecular weight excluding hydrogens is 300 g/mol. The molecule has 0 aromatic heterocycles. The summed E-state index contributed by atoms with van der Waals surface area (Å²) in [5, 5.41) is 0.